The number of carbonyl (C=O) groups is 2. The van der Waals surface area contributed by atoms with E-state index in [4.69, 9.17) is 0 Å². The van der Waals surface area contributed by atoms with Gasteiger partial charge in [0.25, 0.3) is 5.91 Å². The standard InChI is InChI=1S/C22H32FN3O2/c1-5-16(6-2)20(27)24-11-12-26-17(13-24)14-25(15-22(26,3)4)21(28)18-9-7-8-10-19(18)23/h7-10,16-17H,5-6,11-15H2,1-4H3/t17-/m0/s1. The molecule has 0 N–H and O–H groups in total. The van der Waals surface area contributed by atoms with E-state index in [0.29, 0.717) is 19.6 Å². The second kappa shape index (κ2) is 8.19. The molecule has 2 fully saturated rings. The van der Waals surface area contributed by atoms with Crippen molar-refractivity contribution in [2.45, 2.75) is 52.1 Å². The van der Waals surface area contributed by atoms with E-state index in [1.807, 2.05) is 4.90 Å². The number of piperazine rings is 2. The Labute approximate surface area is 167 Å². The van der Waals surface area contributed by atoms with E-state index in [1.54, 1.807) is 23.1 Å². The van der Waals surface area contributed by atoms with Gasteiger partial charge in [-0.05, 0) is 38.8 Å². The molecule has 0 unspecified atom stereocenters. The summed E-state index contributed by atoms with van der Waals surface area (Å²) < 4.78 is 14.1. The first-order valence-corrected chi connectivity index (χ1v) is 10.4. The number of hydrogen-bond donors (Lipinski definition) is 0. The molecule has 5 nitrogen and oxygen atoms in total. The fraction of sp³-hybridized carbons (Fsp3) is 0.636. The average molecular weight is 390 g/mol. The summed E-state index contributed by atoms with van der Waals surface area (Å²) >= 11 is 0. The van der Waals surface area contributed by atoms with Crippen LogP contribution >= 0.6 is 0 Å². The number of nitrogens with zero attached hydrogens (tertiary/aromatic N) is 3. The molecule has 154 valence electrons. The van der Waals surface area contributed by atoms with Gasteiger partial charge in [0.1, 0.15) is 5.82 Å². The monoisotopic (exact) mass is 389 g/mol. The molecule has 2 saturated heterocycles. The van der Waals surface area contributed by atoms with Crippen molar-refractivity contribution >= 4 is 11.8 Å². The molecule has 2 amide bonds. The fourth-order valence-corrected chi connectivity index (χ4v) is 4.74. The van der Waals surface area contributed by atoms with Crippen molar-refractivity contribution in [2.75, 3.05) is 32.7 Å². The third kappa shape index (κ3) is 3.93. The van der Waals surface area contributed by atoms with Gasteiger partial charge < -0.3 is 9.80 Å². The maximum atomic E-state index is 14.1. The Balaban J connectivity index is 1.78. The van der Waals surface area contributed by atoms with Gasteiger partial charge in [-0.3, -0.25) is 14.5 Å². The predicted molar refractivity (Wildman–Crippen MR) is 108 cm³/mol. The molecule has 0 spiro atoms. The highest BCUT2D eigenvalue weighted by Gasteiger charge is 2.45. The van der Waals surface area contributed by atoms with Crippen LogP contribution in [0.4, 0.5) is 4.39 Å². The summed E-state index contributed by atoms with van der Waals surface area (Å²) in [6.07, 6.45) is 1.70. The van der Waals surface area contributed by atoms with Crippen molar-refractivity contribution in [3.8, 4) is 0 Å². The number of fused-ring (bicyclic) bond motifs is 1. The summed E-state index contributed by atoms with van der Waals surface area (Å²) in [4.78, 5) is 32.0. The first-order chi connectivity index (χ1) is 13.3. The molecule has 2 aliphatic heterocycles. The molecule has 3 rings (SSSR count). The molecule has 2 heterocycles. The van der Waals surface area contributed by atoms with Crippen LogP contribution in [-0.2, 0) is 4.79 Å². The van der Waals surface area contributed by atoms with Crippen LogP contribution in [0, 0.1) is 11.7 Å². The minimum absolute atomic E-state index is 0.0688. The molecule has 1 aromatic carbocycles. The van der Waals surface area contributed by atoms with Crippen LogP contribution in [0.25, 0.3) is 0 Å². The molecular formula is C22H32FN3O2. The zero-order chi connectivity index (χ0) is 20.5. The first-order valence-electron chi connectivity index (χ1n) is 10.4. The highest BCUT2D eigenvalue weighted by molar-refractivity contribution is 5.94. The van der Waals surface area contributed by atoms with Gasteiger partial charge >= 0.3 is 0 Å². The number of hydrogen-bond acceptors (Lipinski definition) is 3. The second-order valence-corrected chi connectivity index (χ2v) is 8.62. The number of benzene rings is 1. The molecule has 1 aromatic rings. The fourth-order valence-electron chi connectivity index (χ4n) is 4.74. The quantitative estimate of drug-likeness (QED) is 0.795. The van der Waals surface area contributed by atoms with Gasteiger partial charge in [-0.25, -0.2) is 4.39 Å². The van der Waals surface area contributed by atoms with Gasteiger partial charge in [-0.1, -0.05) is 26.0 Å². The van der Waals surface area contributed by atoms with E-state index >= 15 is 0 Å². The lowest BCUT2D eigenvalue weighted by molar-refractivity contribution is -0.142. The molecule has 0 bridgehead atoms. The average Bonchev–Trinajstić information content (AvgIpc) is 2.67. The topological polar surface area (TPSA) is 43.9 Å². The Kier molecular flexibility index (Phi) is 6.08. The lowest BCUT2D eigenvalue weighted by Crippen LogP contribution is -2.70. The number of rotatable bonds is 4. The van der Waals surface area contributed by atoms with Crippen LogP contribution in [0.3, 0.4) is 0 Å². The van der Waals surface area contributed by atoms with Gasteiger partial charge in [0, 0.05) is 50.2 Å². The van der Waals surface area contributed by atoms with Crippen molar-refractivity contribution in [1.82, 2.24) is 14.7 Å². The Bertz CT molecular complexity index is 732. The highest BCUT2D eigenvalue weighted by atomic mass is 19.1. The number of halogens is 1. The van der Waals surface area contributed by atoms with Gasteiger partial charge in [0.05, 0.1) is 5.56 Å². The number of amides is 2. The Morgan fingerprint density at radius 1 is 1.11 bits per heavy atom. The third-order valence-corrected chi connectivity index (χ3v) is 6.31. The minimum Gasteiger partial charge on any atom is -0.340 e. The first kappa shape index (κ1) is 20.8. The van der Waals surface area contributed by atoms with Crippen LogP contribution in [0.1, 0.15) is 50.9 Å². The summed E-state index contributed by atoms with van der Waals surface area (Å²) in [6, 6.07) is 6.23. The highest BCUT2D eigenvalue weighted by Crippen LogP contribution is 2.30. The van der Waals surface area contributed by atoms with Crippen molar-refractivity contribution in [1.29, 1.82) is 0 Å². The van der Waals surface area contributed by atoms with Gasteiger partial charge in [-0.2, -0.15) is 0 Å². The molecule has 0 aromatic heterocycles. The number of carbonyl (C=O) groups excluding carboxylic acids is 2. The van der Waals surface area contributed by atoms with Crippen LogP contribution in [0.2, 0.25) is 0 Å². The molecule has 1 atom stereocenters. The molecular weight excluding hydrogens is 357 g/mol. The molecule has 2 aliphatic rings. The van der Waals surface area contributed by atoms with E-state index in [9.17, 15) is 14.0 Å². The van der Waals surface area contributed by atoms with Gasteiger partial charge in [0.15, 0.2) is 0 Å². The smallest absolute Gasteiger partial charge is 0.256 e. The Hall–Kier alpha value is -1.95. The lowest BCUT2D eigenvalue weighted by atomic mass is 9.91. The summed E-state index contributed by atoms with van der Waals surface area (Å²) in [5.41, 5.74) is -0.0963. The molecule has 0 aliphatic carbocycles. The van der Waals surface area contributed by atoms with Crippen molar-refractivity contribution in [2.24, 2.45) is 5.92 Å². The molecule has 0 radical (unpaired) electrons. The van der Waals surface area contributed by atoms with Crippen LogP contribution < -0.4 is 0 Å². The SMILES string of the molecule is CCC(CC)C(=O)N1CCN2[C@H](CN(C(=O)c3ccccc3F)CC2(C)C)C1. The van der Waals surface area contributed by atoms with Gasteiger partial charge in [-0.15, -0.1) is 0 Å². The van der Waals surface area contributed by atoms with Crippen molar-refractivity contribution in [3.05, 3.63) is 35.6 Å². The summed E-state index contributed by atoms with van der Waals surface area (Å²) in [5.74, 6) is -0.463. The third-order valence-electron chi connectivity index (χ3n) is 6.31. The Morgan fingerprint density at radius 3 is 2.39 bits per heavy atom. The zero-order valence-electron chi connectivity index (χ0n) is 17.4. The predicted octanol–water partition coefficient (Wildman–Crippen LogP) is 3.01. The maximum absolute atomic E-state index is 14.1. The summed E-state index contributed by atoms with van der Waals surface area (Å²) in [7, 11) is 0. The molecule has 6 heteroatoms. The summed E-state index contributed by atoms with van der Waals surface area (Å²) in [6.45, 7) is 11.6. The van der Waals surface area contributed by atoms with Crippen LogP contribution in [0.5, 0.6) is 0 Å². The second-order valence-electron chi connectivity index (χ2n) is 8.62. The molecule has 0 saturated carbocycles. The van der Waals surface area contributed by atoms with E-state index < -0.39 is 5.82 Å². The maximum Gasteiger partial charge on any atom is 0.256 e. The van der Waals surface area contributed by atoms with Crippen molar-refractivity contribution in [3.63, 3.8) is 0 Å². The Morgan fingerprint density at radius 2 is 1.75 bits per heavy atom. The summed E-state index contributed by atoms with van der Waals surface area (Å²) in [5, 5.41) is 0. The normalized spacial score (nSPS) is 22.3. The largest absolute Gasteiger partial charge is 0.340 e. The minimum atomic E-state index is -0.484. The van der Waals surface area contributed by atoms with Crippen molar-refractivity contribution < 1.29 is 14.0 Å². The zero-order valence-corrected chi connectivity index (χ0v) is 17.4. The van der Waals surface area contributed by atoms with Gasteiger partial charge in [0.2, 0.25) is 5.91 Å². The molecule has 28 heavy (non-hydrogen) atoms. The van der Waals surface area contributed by atoms with E-state index in [-0.39, 0.29) is 34.9 Å². The lowest BCUT2D eigenvalue weighted by Gasteiger charge is -2.55. The van der Waals surface area contributed by atoms with E-state index in [2.05, 4.69) is 32.6 Å². The van der Waals surface area contributed by atoms with E-state index in [0.717, 1.165) is 25.9 Å². The van der Waals surface area contributed by atoms with Crippen LogP contribution in [-0.4, -0.2) is 70.8 Å². The van der Waals surface area contributed by atoms with Crippen LogP contribution in [0.15, 0.2) is 24.3 Å². The van der Waals surface area contributed by atoms with E-state index in [1.165, 1.54) is 6.07 Å².